The van der Waals surface area contributed by atoms with Crippen molar-refractivity contribution in [2.75, 3.05) is 5.73 Å². The molecule has 7 nitrogen and oxygen atoms in total. The summed E-state index contributed by atoms with van der Waals surface area (Å²) < 4.78 is 0.484. The molecule has 0 aliphatic heterocycles. The molecule has 2 heterocycles. The second-order valence-corrected chi connectivity index (χ2v) is 5.38. The van der Waals surface area contributed by atoms with E-state index >= 15 is 0 Å². The van der Waals surface area contributed by atoms with Gasteiger partial charge < -0.3 is 5.73 Å². The van der Waals surface area contributed by atoms with E-state index in [1.54, 1.807) is 0 Å². The van der Waals surface area contributed by atoms with Crippen LogP contribution in [0.1, 0.15) is 0 Å². The van der Waals surface area contributed by atoms with Crippen molar-refractivity contribution in [1.82, 2.24) is 9.97 Å². The molecule has 20 heavy (non-hydrogen) atoms. The van der Waals surface area contributed by atoms with Gasteiger partial charge in [-0.05, 0) is 0 Å². The number of nitrogens with zero attached hydrogens (tertiary/aromatic N) is 3. The van der Waals surface area contributed by atoms with Crippen molar-refractivity contribution in [3.05, 3.63) is 43.8 Å². The van der Waals surface area contributed by atoms with Gasteiger partial charge in [-0.25, -0.2) is 0 Å². The highest BCUT2D eigenvalue weighted by atomic mass is 35.5. The van der Waals surface area contributed by atoms with Crippen LogP contribution in [0.3, 0.4) is 0 Å². The monoisotopic (exact) mass is 308 g/mol. The highest BCUT2D eigenvalue weighted by molar-refractivity contribution is 7.22. The van der Waals surface area contributed by atoms with E-state index in [0.717, 1.165) is 11.3 Å². The fraction of sp³-hybridized carbons (Fsp3) is 0. The molecule has 0 saturated heterocycles. The summed E-state index contributed by atoms with van der Waals surface area (Å²) in [5.41, 5.74) is 5.26. The molecule has 0 aliphatic rings. The molecule has 2 N–H and O–H groups in total. The maximum absolute atomic E-state index is 11.8. The van der Waals surface area contributed by atoms with Crippen molar-refractivity contribution < 1.29 is 4.92 Å². The number of hydrogen-bond donors (Lipinski definition) is 1. The zero-order valence-corrected chi connectivity index (χ0v) is 11.2. The quantitative estimate of drug-likeness (QED) is 0.419. The molecule has 2 aromatic heterocycles. The molecule has 100 valence electrons. The summed E-state index contributed by atoms with van der Waals surface area (Å²) in [7, 11) is 0. The second kappa shape index (κ2) is 4.36. The highest BCUT2D eigenvalue weighted by Crippen LogP contribution is 2.33. The van der Waals surface area contributed by atoms with Crippen LogP contribution in [0.15, 0.2) is 23.1 Å². The van der Waals surface area contributed by atoms with Gasteiger partial charge in [0.2, 0.25) is 0 Å². The number of non-ortho nitro benzene ring substituents is 1. The first-order valence-electron chi connectivity index (χ1n) is 5.30. The fourth-order valence-electron chi connectivity index (χ4n) is 1.88. The molecular formula is C11H5ClN4O3S. The molecule has 0 aliphatic carbocycles. The van der Waals surface area contributed by atoms with Crippen molar-refractivity contribution in [2.24, 2.45) is 0 Å². The van der Waals surface area contributed by atoms with Gasteiger partial charge in [0.05, 0.1) is 25.5 Å². The zero-order valence-electron chi connectivity index (χ0n) is 9.66. The van der Waals surface area contributed by atoms with Gasteiger partial charge in [-0.2, -0.15) is 4.98 Å². The third-order valence-electron chi connectivity index (χ3n) is 2.72. The Morgan fingerprint density at radius 2 is 2.10 bits per heavy atom. The molecule has 1 aromatic carbocycles. The van der Waals surface area contributed by atoms with Crippen LogP contribution in [-0.4, -0.2) is 14.9 Å². The van der Waals surface area contributed by atoms with Gasteiger partial charge in [-0.15, -0.1) is 0 Å². The van der Waals surface area contributed by atoms with E-state index in [9.17, 15) is 14.9 Å². The van der Waals surface area contributed by atoms with Crippen LogP contribution in [-0.2, 0) is 0 Å². The number of nitro benzene ring substituents is 1. The fourth-order valence-corrected chi connectivity index (χ4v) is 2.99. The molecule has 0 bridgehead atoms. The van der Waals surface area contributed by atoms with Gasteiger partial charge >= 0.3 is 0 Å². The number of hydrogen-bond acceptors (Lipinski definition) is 7. The number of pyridine rings is 1. The first kappa shape index (κ1) is 12.7. The molecule has 0 fully saturated rings. The third kappa shape index (κ3) is 1.86. The Balaban J connectivity index is 2.58. The largest absolute Gasteiger partial charge is 0.375 e. The van der Waals surface area contributed by atoms with Crippen LogP contribution in [0, 0.1) is 10.1 Å². The number of nitrogens with two attached hydrogens (primary N) is 1. The Kier molecular flexibility index (Phi) is 2.77. The smallest absolute Gasteiger partial charge is 0.282 e. The lowest BCUT2D eigenvalue weighted by molar-refractivity contribution is -0.384. The first-order valence-corrected chi connectivity index (χ1v) is 6.50. The number of benzene rings is 1. The van der Waals surface area contributed by atoms with Gasteiger partial charge in [0.1, 0.15) is 0 Å². The van der Waals surface area contributed by atoms with E-state index in [1.165, 1.54) is 18.3 Å². The van der Waals surface area contributed by atoms with Crippen molar-refractivity contribution in [3.63, 3.8) is 0 Å². The summed E-state index contributed by atoms with van der Waals surface area (Å²) in [6.07, 6.45) is 1.35. The minimum absolute atomic E-state index is 0.0811. The molecule has 9 heteroatoms. The van der Waals surface area contributed by atoms with E-state index < -0.39 is 10.5 Å². The van der Waals surface area contributed by atoms with E-state index in [0.29, 0.717) is 15.6 Å². The maximum Gasteiger partial charge on any atom is 0.282 e. The Morgan fingerprint density at radius 1 is 1.35 bits per heavy atom. The molecular weight excluding hydrogens is 304 g/mol. The lowest BCUT2D eigenvalue weighted by atomic mass is 10.1. The molecule has 0 atom stereocenters. The van der Waals surface area contributed by atoms with Crippen LogP contribution < -0.4 is 11.3 Å². The van der Waals surface area contributed by atoms with Gasteiger partial charge in [-0.3, -0.25) is 19.9 Å². The minimum Gasteiger partial charge on any atom is -0.375 e. The van der Waals surface area contributed by atoms with Crippen molar-refractivity contribution in [3.8, 4) is 0 Å². The SMILES string of the molecule is Nc1nc(=O)c2cnc3c(Cl)cc([N+](=O)[O-])cc3c2s1. The number of halogens is 1. The number of nitrogen functional groups attached to an aromatic ring is 1. The average molecular weight is 309 g/mol. The summed E-state index contributed by atoms with van der Waals surface area (Å²) >= 11 is 7.06. The van der Waals surface area contributed by atoms with E-state index in [1.807, 2.05) is 0 Å². The normalized spacial score (nSPS) is 11.1. The van der Waals surface area contributed by atoms with Crippen LogP contribution >= 0.6 is 22.9 Å². The molecule has 0 unspecified atom stereocenters. The predicted molar refractivity (Wildman–Crippen MR) is 77.3 cm³/mol. The second-order valence-electron chi connectivity index (χ2n) is 3.94. The Labute approximate surface area is 119 Å². The summed E-state index contributed by atoms with van der Waals surface area (Å²) in [6.45, 7) is 0. The van der Waals surface area contributed by atoms with Crippen LogP contribution in [0.5, 0.6) is 0 Å². The Morgan fingerprint density at radius 3 is 2.80 bits per heavy atom. The summed E-state index contributed by atoms with van der Waals surface area (Å²) in [6, 6.07) is 2.54. The molecule has 0 radical (unpaired) electrons. The van der Waals surface area contributed by atoms with Gasteiger partial charge in [0.15, 0.2) is 5.13 Å². The molecule has 3 rings (SSSR count). The third-order valence-corrected chi connectivity index (χ3v) is 3.95. The number of fused-ring (bicyclic) bond motifs is 3. The van der Waals surface area contributed by atoms with Gasteiger partial charge in [-0.1, -0.05) is 22.9 Å². The van der Waals surface area contributed by atoms with Crippen molar-refractivity contribution in [2.45, 2.75) is 0 Å². The number of aromatic nitrogens is 2. The molecule has 0 saturated carbocycles. The Hall–Kier alpha value is -2.32. The lowest BCUT2D eigenvalue weighted by Gasteiger charge is -2.04. The van der Waals surface area contributed by atoms with E-state index in [4.69, 9.17) is 17.3 Å². The van der Waals surface area contributed by atoms with Crippen molar-refractivity contribution in [1.29, 1.82) is 0 Å². The summed E-state index contributed by atoms with van der Waals surface area (Å²) in [5.74, 6) is 0. The van der Waals surface area contributed by atoms with Crippen molar-refractivity contribution >= 4 is 54.7 Å². The van der Waals surface area contributed by atoms with Gasteiger partial charge in [0, 0.05) is 23.7 Å². The molecule has 3 aromatic rings. The predicted octanol–water partition coefficient (Wildman–Crippen LogP) is 2.35. The topological polar surface area (TPSA) is 112 Å². The zero-order chi connectivity index (χ0) is 14.4. The summed E-state index contributed by atoms with van der Waals surface area (Å²) in [4.78, 5) is 29.8. The molecule has 0 amide bonds. The lowest BCUT2D eigenvalue weighted by Crippen LogP contribution is -2.08. The van der Waals surface area contributed by atoms with Gasteiger partial charge in [0.25, 0.3) is 11.2 Å². The van der Waals surface area contributed by atoms with Crippen LogP contribution in [0.25, 0.3) is 21.0 Å². The average Bonchev–Trinajstić information content (AvgIpc) is 2.38. The number of nitro groups is 1. The molecule has 0 spiro atoms. The van der Waals surface area contributed by atoms with E-state index in [-0.39, 0.29) is 21.2 Å². The standard InChI is InChI=1S/C11H5ClN4O3S/c12-7-2-4(16(18)19)1-5-8(7)14-3-6-9(5)20-11(13)15-10(6)17/h1-3H,(H2,13,15,17). The number of anilines is 1. The maximum atomic E-state index is 11.8. The van der Waals surface area contributed by atoms with E-state index in [2.05, 4.69) is 9.97 Å². The minimum atomic E-state index is -0.558. The number of rotatable bonds is 1. The first-order chi connectivity index (χ1) is 9.47. The van der Waals surface area contributed by atoms with Crippen LogP contribution in [0.4, 0.5) is 10.8 Å². The highest BCUT2D eigenvalue weighted by Gasteiger charge is 2.15. The van der Waals surface area contributed by atoms with Crippen LogP contribution in [0.2, 0.25) is 5.02 Å². The summed E-state index contributed by atoms with van der Waals surface area (Å²) in [5, 5.41) is 11.8. The Bertz CT molecular complexity index is 940.